The van der Waals surface area contributed by atoms with Crippen LogP contribution in [0.3, 0.4) is 0 Å². The molecule has 0 heterocycles. The van der Waals surface area contributed by atoms with Crippen LogP contribution in [0, 0.1) is 17.1 Å². The number of hydrogen-bond donors (Lipinski definition) is 1. The van der Waals surface area contributed by atoms with E-state index < -0.39 is 5.82 Å². The molecule has 0 amide bonds. The van der Waals surface area contributed by atoms with Crippen LogP contribution in [-0.4, -0.2) is 26.8 Å². The van der Waals surface area contributed by atoms with Crippen LogP contribution in [0.4, 0.5) is 15.8 Å². The first-order valence-corrected chi connectivity index (χ1v) is 6.24. The van der Waals surface area contributed by atoms with Crippen molar-refractivity contribution in [2.24, 2.45) is 0 Å². The number of nitriles is 1. The lowest BCUT2D eigenvalue weighted by molar-refractivity contribution is 0.205. The molecule has 0 spiro atoms. The summed E-state index contributed by atoms with van der Waals surface area (Å²) < 4.78 is 18.7. The zero-order chi connectivity index (χ0) is 13.5. The van der Waals surface area contributed by atoms with Gasteiger partial charge in [-0.2, -0.15) is 5.26 Å². The van der Waals surface area contributed by atoms with Crippen molar-refractivity contribution in [3.63, 3.8) is 0 Å². The summed E-state index contributed by atoms with van der Waals surface area (Å²) in [6.45, 7) is 1.64. The Balaban J connectivity index is 2.96. The molecule has 0 radical (unpaired) electrons. The summed E-state index contributed by atoms with van der Waals surface area (Å²) in [5, 5.41) is 8.65. The second-order valence-corrected chi connectivity index (χ2v) is 4.57. The van der Waals surface area contributed by atoms with Crippen molar-refractivity contribution < 1.29 is 9.13 Å². The summed E-state index contributed by atoms with van der Waals surface area (Å²) in [6.07, 6.45) is 0.373. The van der Waals surface area contributed by atoms with Gasteiger partial charge in [0.15, 0.2) is 0 Å². The summed E-state index contributed by atoms with van der Waals surface area (Å²) in [6, 6.07) is 4.97. The molecule has 0 aliphatic rings. The second kappa shape index (κ2) is 7.19. The number of rotatable bonds is 6. The minimum atomic E-state index is -0.400. The molecule has 0 bridgehead atoms. The molecule has 1 rings (SSSR count). The van der Waals surface area contributed by atoms with E-state index in [2.05, 4.69) is 22.0 Å². The Morgan fingerprint density at radius 2 is 2.22 bits per heavy atom. The minimum absolute atomic E-state index is 0.352. The van der Waals surface area contributed by atoms with Gasteiger partial charge in [-0.25, -0.2) is 4.39 Å². The highest BCUT2D eigenvalue weighted by atomic mass is 79.9. The number of nitrogen functional groups attached to an aromatic ring is 1. The van der Waals surface area contributed by atoms with Crippen molar-refractivity contribution in [1.82, 2.24) is 0 Å². The Labute approximate surface area is 114 Å². The highest BCUT2D eigenvalue weighted by Gasteiger charge is 2.12. The van der Waals surface area contributed by atoms with Gasteiger partial charge in [-0.3, -0.25) is 0 Å². The van der Waals surface area contributed by atoms with Gasteiger partial charge in [0.1, 0.15) is 5.82 Å². The Morgan fingerprint density at radius 3 is 2.83 bits per heavy atom. The zero-order valence-corrected chi connectivity index (χ0v) is 11.7. The van der Waals surface area contributed by atoms with Gasteiger partial charge in [-0.15, -0.1) is 0 Å². The third-order valence-electron chi connectivity index (χ3n) is 2.47. The van der Waals surface area contributed by atoms with E-state index in [0.717, 1.165) is 0 Å². The van der Waals surface area contributed by atoms with Crippen LogP contribution in [0.2, 0.25) is 0 Å². The lowest BCUT2D eigenvalue weighted by Crippen LogP contribution is -2.29. The van der Waals surface area contributed by atoms with Gasteiger partial charge in [0, 0.05) is 26.3 Å². The van der Waals surface area contributed by atoms with Gasteiger partial charge >= 0.3 is 0 Å². The molecule has 0 aromatic heterocycles. The number of methoxy groups -OCH3 is 1. The fourth-order valence-corrected chi connectivity index (χ4v) is 1.90. The average Bonchev–Trinajstić information content (AvgIpc) is 2.35. The van der Waals surface area contributed by atoms with Crippen LogP contribution in [0.15, 0.2) is 16.6 Å². The summed E-state index contributed by atoms with van der Waals surface area (Å²) in [5.74, 6) is -0.400. The molecule has 1 aromatic carbocycles. The van der Waals surface area contributed by atoms with E-state index in [-0.39, 0.29) is 0 Å². The number of hydrogen-bond acceptors (Lipinski definition) is 4. The van der Waals surface area contributed by atoms with Crippen LogP contribution in [0.5, 0.6) is 0 Å². The topological polar surface area (TPSA) is 62.3 Å². The van der Waals surface area contributed by atoms with Crippen LogP contribution < -0.4 is 10.6 Å². The fraction of sp³-hybridized carbons (Fsp3) is 0.417. The molecule has 6 heteroatoms. The van der Waals surface area contributed by atoms with Crippen LogP contribution in [-0.2, 0) is 4.74 Å². The second-order valence-electron chi connectivity index (χ2n) is 3.71. The van der Waals surface area contributed by atoms with E-state index in [1.54, 1.807) is 13.2 Å². The largest absolute Gasteiger partial charge is 0.397 e. The first kappa shape index (κ1) is 14.7. The van der Waals surface area contributed by atoms with E-state index in [1.165, 1.54) is 6.07 Å². The van der Waals surface area contributed by atoms with E-state index >= 15 is 0 Å². The first-order valence-electron chi connectivity index (χ1n) is 5.45. The lowest BCUT2D eigenvalue weighted by Gasteiger charge is -2.25. The van der Waals surface area contributed by atoms with Crippen molar-refractivity contribution >= 4 is 27.3 Å². The molecule has 0 atom stereocenters. The first-order chi connectivity index (χ1) is 8.60. The van der Waals surface area contributed by atoms with Crippen molar-refractivity contribution in [2.75, 3.05) is 37.4 Å². The van der Waals surface area contributed by atoms with Gasteiger partial charge in [0.05, 0.1) is 34.9 Å². The maximum absolute atomic E-state index is 13.3. The van der Waals surface area contributed by atoms with Gasteiger partial charge in [0.2, 0.25) is 0 Å². The normalized spacial score (nSPS) is 10.1. The molecule has 18 heavy (non-hydrogen) atoms. The summed E-state index contributed by atoms with van der Waals surface area (Å²) >= 11 is 3.13. The van der Waals surface area contributed by atoms with Crippen LogP contribution >= 0.6 is 15.9 Å². The smallest absolute Gasteiger partial charge is 0.139 e. The third-order valence-corrected chi connectivity index (χ3v) is 3.08. The Morgan fingerprint density at radius 1 is 1.50 bits per heavy atom. The molecular weight excluding hydrogens is 301 g/mol. The van der Waals surface area contributed by atoms with Gasteiger partial charge in [-0.1, -0.05) is 0 Å². The van der Waals surface area contributed by atoms with E-state index in [4.69, 9.17) is 15.7 Å². The van der Waals surface area contributed by atoms with Crippen molar-refractivity contribution in [3.05, 3.63) is 22.4 Å². The fourth-order valence-electron chi connectivity index (χ4n) is 1.56. The standard InChI is InChI=1S/C12H15BrFN3O/c1-18-6-5-17(4-2-3-15)12-7-9(13)10(14)8-11(12)16/h7-8H,2,4-6,16H2,1H3. The summed E-state index contributed by atoms with van der Waals surface area (Å²) in [5.41, 5.74) is 6.86. The molecule has 1 aromatic rings. The quantitative estimate of drug-likeness (QED) is 0.819. The van der Waals surface area contributed by atoms with Crippen molar-refractivity contribution in [2.45, 2.75) is 6.42 Å². The van der Waals surface area contributed by atoms with Gasteiger partial charge in [-0.05, 0) is 22.0 Å². The highest BCUT2D eigenvalue weighted by Crippen LogP contribution is 2.29. The summed E-state index contributed by atoms with van der Waals surface area (Å²) in [7, 11) is 1.60. The van der Waals surface area contributed by atoms with E-state index in [1.807, 2.05) is 4.90 Å². The molecule has 0 saturated carbocycles. The third kappa shape index (κ3) is 3.86. The Hall–Kier alpha value is -1.32. The molecule has 2 N–H and O–H groups in total. The highest BCUT2D eigenvalue weighted by molar-refractivity contribution is 9.10. The maximum Gasteiger partial charge on any atom is 0.139 e. The van der Waals surface area contributed by atoms with E-state index in [9.17, 15) is 4.39 Å². The Bertz CT molecular complexity index is 448. The van der Waals surface area contributed by atoms with Crippen LogP contribution in [0.1, 0.15) is 6.42 Å². The van der Waals surface area contributed by atoms with Gasteiger partial charge < -0.3 is 15.4 Å². The molecule has 0 saturated heterocycles. The number of anilines is 2. The Kier molecular flexibility index (Phi) is 5.89. The maximum atomic E-state index is 13.3. The number of nitrogens with zero attached hydrogens (tertiary/aromatic N) is 2. The number of halogens is 2. The predicted octanol–water partition coefficient (Wildman–Crippen LogP) is 2.54. The monoisotopic (exact) mass is 315 g/mol. The van der Waals surface area contributed by atoms with Crippen LogP contribution in [0.25, 0.3) is 0 Å². The van der Waals surface area contributed by atoms with Crippen molar-refractivity contribution in [1.29, 1.82) is 5.26 Å². The minimum Gasteiger partial charge on any atom is -0.397 e. The molecule has 0 aliphatic heterocycles. The molecular formula is C12H15BrFN3O. The van der Waals surface area contributed by atoms with E-state index in [0.29, 0.717) is 42.0 Å². The lowest BCUT2D eigenvalue weighted by atomic mass is 10.2. The molecule has 0 fully saturated rings. The van der Waals surface area contributed by atoms with Crippen molar-refractivity contribution in [3.8, 4) is 6.07 Å². The average molecular weight is 316 g/mol. The predicted molar refractivity (Wildman–Crippen MR) is 72.8 cm³/mol. The molecule has 4 nitrogen and oxygen atoms in total. The molecule has 0 unspecified atom stereocenters. The van der Waals surface area contributed by atoms with Gasteiger partial charge in [0.25, 0.3) is 0 Å². The SMILES string of the molecule is COCCN(CCC#N)c1cc(Br)c(F)cc1N. The number of benzene rings is 1. The molecule has 0 aliphatic carbocycles. The summed E-state index contributed by atoms with van der Waals surface area (Å²) in [4.78, 5) is 1.91. The zero-order valence-electron chi connectivity index (χ0n) is 10.1. The number of ether oxygens (including phenoxy) is 1. The molecule has 98 valence electrons. The number of nitrogens with two attached hydrogens (primary N) is 1.